The number of carbonyl (C=O) groups is 1. The zero-order valence-electron chi connectivity index (χ0n) is 9.39. The highest BCUT2D eigenvalue weighted by Crippen LogP contribution is 2.00. The van der Waals surface area contributed by atoms with Crippen LogP contribution in [0.1, 0.15) is 13.8 Å². The van der Waals surface area contributed by atoms with Crippen molar-refractivity contribution in [1.82, 2.24) is 9.62 Å². The van der Waals surface area contributed by atoms with Crippen molar-refractivity contribution in [1.29, 1.82) is 0 Å². The predicted octanol–water partition coefficient (Wildman–Crippen LogP) is -0.940. The van der Waals surface area contributed by atoms with Gasteiger partial charge in [-0.05, 0) is 6.92 Å². The first-order valence-electron chi connectivity index (χ1n) is 4.86. The van der Waals surface area contributed by atoms with Crippen LogP contribution in [0.3, 0.4) is 0 Å². The van der Waals surface area contributed by atoms with Gasteiger partial charge in [0.1, 0.15) is 5.75 Å². The van der Waals surface area contributed by atoms with Crippen LogP contribution >= 0.6 is 12.2 Å². The summed E-state index contributed by atoms with van der Waals surface area (Å²) in [6.45, 7) is 3.89. The van der Waals surface area contributed by atoms with E-state index in [4.69, 9.17) is 5.73 Å². The van der Waals surface area contributed by atoms with Crippen LogP contribution in [0.25, 0.3) is 0 Å². The summed E-state index contributed by atoms with van der Waals surface area (Å²) in [5.74, 6) is -0.744. The van der Waals surface area contributed by atoms with E-state index in [2.05, 4.69) is 17.5 Å². The van der Waals surface area contributed by atoms with E-state index >= 15 is 0 Å². The van der Waals surface area contributed by atoms with E-state index in [0.29, 0.717) is 6.54 Å². The molecule has 0 radical (unpaired) electrons. The summed E-state index contributed by atoms with van der Waals surface area (Å²) in [5.41, 5.74) is 5.19. The Bertz CT molecular complexity index is 354. The standard InChI is InChI=1S/C8H17N3O3S2/c1-3-10-8(12)5-11(4-2)16(13,14)6-7(9)15/h3-6H2,1-2H3,(H2,9,15)(H,10,12). The molecule has 3 N–H and O–H groups in total. The summed E-state index contributed by atoms with van der Waals surface area (Å²) < 4.78 is 24.4. The molecule has 8 heteroatoms. The van der Waals surface area contributed by atoms with Crippen molar-refractivity contribution in [3.63, 3.8) is 0 Å². The summed E-state index contributed by atoms with van der Waals surface area (Å²) in [5, 5.41) is 2.53. The first kappa shape index (κ1) is 15.3. The largest absolute Gasteiger partial charge is 0.392 e. The number of hydrogen-bond donors (Lipinski definition) is 2. The molecule has 16 heavy (non-hydrogen) atoms. The maximum absolute atomic E-state index is 11.7. The number of amides is 1. The van der Waals surface area contributed by atoms with Gasteiger partial charge >= 0.3 is 0 Å². The minimum atomic E-state index is -3.58. The van der Waals surface area contributed by atoms with Crippen LogP contribution in [0.4, 0.5) is 0 Å². The Balaban J connectivity index is 4.60. The molecule has 0 unspecified atom stereocenters. The predicted molar refractivity (Wildman–Crippen MR) is 66.5 cm³/mol. The van der Waals surface area contributed by atoms with Crippen molar-refractivity contribution in [2.24, 2.45) is 5.73 Å². The number of carbonyl (C=O) groups excluding carboxylic acids is 1. The van der Waals surface area contributed by atoms with Gasteiger partial charge < -0.3 is 11.1 Å². The molecule has 1 amide bonds. The number of rotatable bonds is 7. The number of sulfonamides is 1. The maximum atomic E-state index is 11.7. The van der Waals surface area contributed by atoms with Crippen molar-refractivity contribution in [2.75, 3.05) is 25.4 Å². The number of nitrogens with one attached hydrogen (secondary N) is 1. The molecule has 0 rings (SSSR count). The molecule has 0 saturated heterocycles. The number of nitrogens with zero attached hydrogens (tertiary/aromatic N) is 1. The van der Waals surface area contributed by atoms with E-state index in [1.54, 1.807) is 13.8 Å². The Morgan fingerprint density at radius 3 is 2.38 bits per heavy atom. The number of thiocarbonyl (C=S) groups is 1. The Morgan fingerprint density at radius 2 is 2.00 bits per heavy atom. The molecule has 94 valence electrons. The lowest BCUT2D eigenvalue weighted by atomic mass is 10.5. The van der Waals surface area contributed by atoms with E-state index in [1.807, 2.05) is 0 Å². The Kier molecular flexibility index (Phi) is 6.46. The van der Waals surface area contributed by atoms with Crippen LogP contribution in [-0.4, -0.2) is 49.0 Å². The molecule has 0 fully saturated rings. The first-order valence-corrected chi connectivity index (χ1v) is 6.88. The normalized spacial score (nSPS) is 11.4. The fourth-order valence-electron chi connectivity index (χ4n) is 1.09. The molecule has 0 bridgehead atoms. The number of hydrogen-bond acceptors (Lipinski definition) is 4. The minimum absolute atomic E-state index is 0.102. The molecular weight excluding hydrogens is 250 g/mol. The summed E-state index contributed by atoms with van der Waals surface area (Å²) in [6, 6.07) is 0. The molecule has 0 heterocycles. The highest BCUT2D eigenvalue weighted by atomic mass is 32.2. The Hall–Kier alpha value is -0.730. The van der Waals surface area contributed by atoms with Crippen LogP contribution in [-0.2, 0) is 14.8 Å². The second-order valence-electron chi connectivity index (χ2n) is 3.10. The van der Waals surface area contributed by atoms with Crippen LogP contribution in [0, 0.1) is 0 Å². The third kappa shape index (κ3) is 5.38. The van der Waals surface area contributed by atoms with Gasteiger partial charge in [-0.3, -0.25) is 4.79 Å². The average Bonchev–Trinajstić information content (AvgIpc) is 2.12. The summed E-state index contributed by atoms with van der Waals surface area (Å²) in [4.78, 5) is 11.2. The van der Waals surface area contributed by atoms with Crippen molar-refractivity contribution >= 4 is 33.1 Å². The quantitative estimate of drug-likeness (QED) is 0.581. The van der Waals surface area contributed by atoms with Gasteiger partial charge in [0.2, 0.25) is 15.9 Å². The smallest absolute Gasteiger partial charge is 0.235 e. The molecule has 0 spiro atoms. The van der Waals surface area contributed by atoms with Gasteiger partial charge in [-0.25, -0.2) is 8.42 Å². The van der Waals surface area contributed by atoms with Crippen LogP contribution in [0.15, 0.2) is 0 Å². The van der Waals surface area contributed by atoms with E-state index in [1.165, 1.54) is 0 Å². The maximum Gasteiger partial charge on any atom is 0.235 e. The zero-order valence-corrected chi connectivity index (χ0v) is 11.0. The van der Waals surface area contributed by atoms with Crippen molar-refractivity contribution < 1.29 is 13.2 Å². The van der Waals surface area contributed by atoms with Gasteiger partial charge in [-0.2, -0.15) is 4.31 Å². The molecule has 0 saturated carbocycles. The monoisotopic (exact) mass is 267 g/mol. The van der Waals surface area contributed by atoms with E-state index in [0.717, 1.165) is 4.31 Å². The van der Waals surface area contributed by atoms with Gasteiger partial charge in [0, 0.05) is 13.1 Å². The third-order valence-electron chi connectivity index (χ3n) is 1.76. The fourth-order valence-corrected chi connectivity index (χ4v) is 2.79. The fraction of sp³-hybridized carbons (Fsp3) is 0.750. The topological polar surface area (TPSA) is 92.5 Å². The lowest BCUT2D eigenvalue weighted by Gasteiger charge is -2.19. The molecule has 0 atom stereocenters. The summed E-state index contributed by atoms with van der Waals surface area (Å²) >= 11 is 4.55. The zero-order chi connectivity index (χ0) is 12.8. The van der Waals surface area contributed by atoms with Gasteiger partial charge in [0.15, 0.2) is 0 Å². The molecule has 6 nitrogen and oxygen atoms in total. The first-order chi connectivity index (χ1) is 7.33. The average molecular weight is 267 g/mol. The highest BCUT2D eigenvalue weighted by molar-refractivity contribution is 7.92. The SMILES string of the molecule is CCNC(=O)CN(CC)S(=O)(=O)CC(N)=S. The molecular formula is C8H17N3O3S2. The van der Waals surface area contributed by atoms with E-state index < -0.39 is 15.8 Å². The second-order valence-corrected chi connectivity index (χ2v) is 5.60. The minimum Gasteiger partial charge on any atom is -0.392 e. The summed E-state index contributed by atoms with van der Waals surface area (Å²) in [6.07, 6.45) is 0. The molecule has 0 aromatic carbocycles. The lowest BCUT2D eigenvalue weighted by Crippen LogP contribution is -2.43. The van der Waals surface area contributed by atoms with E-state index in [-0.39, 0.29) is 24.0 Å². The molecule has 0 aromatic heterocycles. The molecule has 0 aliphatic carbocycles. The molecule has 0 aliphatic heterocycles. The summed E-state index contributed by atoms with van der Waals surface area (Å²) in [7, 11) is -3.58. The lowest BCUT2D eigenvalue weighted by molar-refractivity contribution is -0.121. The van der Waals surface area contributed by atoms with Crippen LogP contribution in [0.5, 0.6) is 0 Å². The van der Waals surface area contributed by atoms with Crippen molar-refractivity contribution in [2.45, 2.75) is 13.8 Å². The second kappa shape index (κ2) is 6.77. The molecule has 0 aromatic rings. The van der Waals surface area contributed by atoms with Crippen LogP contribution in [0.2, 0.25) is 0 Å². The third-order valence-corrected chi connectivity index (χ3v) is 3.94. The van der Waals surface area contributed by atoms with Crippen molar-refractivity contribution in [3.05, 3.63) is 0 Å². The van der Waals surface area contributed by atoms with Gasteiger partial charge in [-0.15, -0.1) is 0 Å². The van der Waals surface area contributed by atoms with Gasteiger partial charge in [0.25, 0.3) is 0 Å². The number of likely N-dealkylation sites (N-methyl/N-ethyl adjacent to an activating group) is 2. The van der Waals surface area contributed by atoms with Crippen LogP contribution < -0.4 is 11.1 Å². The van der Waals surface area contributed by atoms with Crippen molar-refractivity contribution in [3.8, 4) is 0 Å². The van der Waals surface area contributed by atoms with E-state index in [9.17, 15) is 13.2 Å². The Morgan fingerprint density at radius 1 is 1.44 bits per heavy atom. The Labute approximate surface area is 101 Å². The highest BCUT2D eigenvalue weighted by Gasteiger charge is 2.23. The van der Waals surface area contributed by atoms with Gasteiger partial charge in [0.05, 0.1) is 11.5 Å². The number of nitrogens with two attached hydrogens (primary N) is 1. The van der Waals surface area contributed by atoms with Gasteiger partial charge in [-0.1, -0.05) is 19.1 Å². The molecule has 0 aliphatic rings.